The number of carbonyl (C=O) groups is 2. The van der Waals surface area contributed by atoms with Gasteiger partial charge in [-0.3, -0.25) is 4.79 Å². The summed E-state index contributed by atoms with van der Waals surface area (Å²) in [5, 5.41) is 2.81. The van der Waals surface area contributed by atoms with Crippen LogP contribution in [0.4, 0.5) is 0 Å². The molecule has 2 rings (SSSR count). The second-order valence-electron chi connectivity index (χ2n) is 4.61. The molecule has 1 aliphatic rings. The van der Waals surface area contributed by atoms with Crippen LogP contribution >= 0.6 is 11.7 Å². The van der Waals surface area contributed by atoms with Crippen LogP contribution in [0, 0.1) is 0 Å². The molecule has 1 aromatic rings. The predicted molar refractivity (Wildman–Crippen MR) is 69.8 cm³/mol. The highest BCUT2D eigenvalue weighted by molar-refractivity contribution is 6.99. The average molecular weight is 283 g/mol. The first-order chi connectivity index (χ1) is 9.18. The third-order valence-electron chi connectivity index (χ3n) is 3.32. The Morgan fingerprint density at radius 2 is 2.16 bits per heavy atom. The number of carbonyl (C=O) groups excluding carboxylic acids is 2. The Morgan fingerprint density at radius 1 is 1.42 bits per heavy atom. The molecule has 0 saturated heterocycles. The fraction of sp³-hybridized carbons (Fsp3) is 0.667. The Bertz CT molecular complexity index is 441. The summed E-state index contributed by atoms with van der Waals surface area (Å²) in [4.78, 5) is 24.2. The lowest BCUT2D eigenvalue weighted by molar-refractivity contribution is -0.152. The van der Waals surface area contributed by atoms with Crippen molar-refractivity contribution in [3.63, 3.8) is 0 Å². The van der Waals surface area contributed by atoms with Crippen LogP contribution in [0.15, 0.2) is 6.20 Å². The second kappa shape index (κ2) is 6.10. The summed E-state index contributed by atoms with van der Waals surface area (Å²) in [5.74, 6) is -0.699. The van der Waals surface area contributed by atoms with Crippen LogP contribution < -0.4 is 5.32 Å². The van der Waals surface area contributed by atoms with Crippen molar-refractivity contribution in [2.45, 2.75) is 44.6 Å². The minimum atomic E-state index is -0.894. The molecule has 0 atom stereocenters. The summed E-state index contributed by atoms with van der Waals surface area (Å²) in [7, 11) is 0. The molecule has 0 spiro atoms. The van der Waals surface area contributed by atoms with Crippen LogP contribution in [-0.2, 0) is 9.53 Å². The number of esters is 1. The van der Waals surface area contributed by atoms with Crippen molar-refractivity contribution < 1.29 is 14.3 Å². The molecule has 6 nitrogen and oxygen atoms in total. The van der Waals surface area contributed by atoms with Gasteiger partial charge in [-0.25, -0.2) is 4.79 Å². The zero-order chi connectivity index (χ0) is 13.7. The molecule has 7 heteroatoms. The van der Waals surface area contributed by atoms with Crippen molar-refractivity contribution in [2.24, 2.45) is 0 Å². The number of aromatic nitrogens is 2. The fourth-order valence-electron chi connectivity index (χ4n) is 2.35. The Balaban J connectivity index is 2.13. The van der Waals surface area contributed by atoms with Gasteiger partial charge in [-0.2, -0.15) is 8.75 Å². The molecule has 0 unspecified atom stereocenters. The van der Waals surface area contributed by atoms with Crippen LogP contribution in [-0.4, -0.2) is 32.8 Å². The highest BCUT2D eigenvalue weighted by Crippen LogP contribution is 2.29. The van der Waals surface area contributed by atoms with Gasteiger partial charge in [0.25, 0.3) is 5.91 Å². The lowest BCUT2D eigenvalue weighted by atomic mass is 9.81. The number of amides is 1. The van der Waals surface area contributed by atoms with E-state index in [1.54, 1.807) is 6.92 Å². The van der Waals surface area contributed by atoms with Gasteiger partial charge < -0.3 is 10.1 Å². The van der Waals surface area contributed by atoms with E-state index in [0.717, 1.165) is 31.0 Å². The highest BCUT2D eigenvalue weighted by atomic mass is 32.1. The van der Waals surface area contributed by atoms with Crippen LogP contribution in [0.2, 0.25) is 0 Å². The Morgan fingerprint density at radius 3 is 2.74 bits per heavy atom. The molecular weight excluding hydrogens is 266 g/mol. The van der Waals surface area contributed by atoms with Gasteiger partial charge in [0.2, 0.25) is 0 Å². The molecule has 1 fully saturated rings. The van der Waals surface area contributed by atoms with Crippen molar-refractivity contribution in [1.82, 2.24) is 14.1 Å². The SMILES string of the molecule is CCOC(=O)C1(NC(=O)c2cnsn2)CCCCC1. The fourth-order valence-corrected chi connectivity index (χ4v) is 2.76. The number of ether oxygens (including phenoxy) is 1. The summed E-state index contributed by atoms with van der Waals surface area (Å²) in [6.07, 6.45) is 5.55. The zero-order valence-electron chi connectivity index (χ0n) is 10.8. The Hall–Kier alpha value is -1.50. The minimum absolute atomic E-state index is 0.249. The molecule has 1 aliphatic carbocycles. The van der Waals surface area contributed by atoms with Gasteiger partial charge >= 0.3 is 5.97 Å². The number of nitrogens with one attached hydrogen (secondary N) is 1. The average Bonchev–Trinajstić information content (AvgIpc) is 2.94. The van der Waals surface area contributed by atoms with Crippen molar-refractivity contribution in [1.29, 1.82) is 0 Å². The van der Waals surface area contributed by atoms with Gasteiger partial charge in [-0.1, -0.05) is 19.3 Å². The quantitative estimate of drug-likeness (QED) is 0.848. The lowest BCUT2D eigenvalue weighted by Gasteiger charge is -2.35. The van der Waals surface area contributed by atoms with E-state index in [4.69, 9.17) is 4.74 Å². The molecule has 0 aliphatic heterocycles. The van der Waals surface area contributed by atoms with Gasteiger partial charge in [-0.05, 0) is 19.8 Å². The predicted octanol–water partition coefficient (Wildman–Crippen LogP) is 1.53. The van der Waals surface area contributed by atoms with Gasteiger partial charge in [0.05, 0.1) is 24.5 Å². The molecule has 19 heavy (non-hydrogen) atoms. The van der Waals surface area contributed by atoms with Crippen LogP contribution in [0.1, 0.15) is 49.5 Å². The summed E-state index contributed by atoms with van der Waals surface area (Å²) < 4.78 is 12.8. The van der Waals surface area contributed by atoms with E-state index in [0.29, 0.717) is 19.4 Å². The highest BCUT2D eigenvalue weighted by Gasteiger charge is 2.42. The second-order valence-corrected chi connectivity index (χ2v) is 5.17. The van der Waals surface area contributed by atoms with E-state index in [1.807, 2.05) is 0 Å². The number of hydrogen-bond donors (Lipinski definition) is 1. The maximum atomic E-state index is 12.2. The molecular formula is C12H17N3O3S. The third kappa shape index (κ3) is 3.09. The first-order valence-electron chi connectivity index (χ1n) is 6.45. The maximum Gasteiger partial charge on any atom is 0.331 e. The first-order valence-corrected chi connectivity index (χ1v) is 7.18. The van der Waals surface area contributed by atoms with Crippen molar-refractivity contribution >= 4 is 23.6 Å². The number of nitrogens with zero attached hydrogens (tertiary/aromatic N) is 2. The normalized spacial score (nSPS) is 17.7. The van der Waals surface area contributed by atoms with Gasteiger partial charge in [0, 0.05) is 0 Å². The summed E-state index contributed by atoms with van der Waals surface area (Å²) in [5.41, 5.74) is -0.645. The van der Waals surface area contributed by atoms with E-state index in [-0.39, 0.29) is 17.6 Å². The summed E-state index contributed by atoms with van der Waals surface area (Å²) >= 11 is 0.971. The number of hydrogen-bond acceptors (Lipinski definition) is 6. The van der Waals surface area contributed by atoms with Crippen molar-refractivity contribution in [3.05, 3.63) is 11.9 Å². The zero-order valence-corrected chi connectivity index (χ0v) is 11.7. The number of rotatable bonds is 4. The monoisotopic (exact) mass is 283 g/mol. The summed E-state index contributed by atoms with van der Waals surface area (Å²) in [6, 6.07) is 0. The molecule has 1 saturated carbocycles. The van der Waals surface area contributed by atoms with Crippen LogP contribution in [0.5, 0.6) is 0 Å². The topological polar surface area (TPSA) is 81.2 Å². The van der Waals surface area contributed by atoms with Crippen molar-refractivity contribution in [3.8, 4) is 0 Å². The van der Waals surface area contributed by atoms with Crippen LogP contribution in [0.25, 0.3) is 0 Å². The molecule has 0 bridgehead atoms. The van der Waals surface area contributed by atoms with Gasteiger partial charge in [0.1, 0.15) is 5.54 Å². The molecule has 104 valence electrons. The first kappa shape index (κ1) is 13.9. The van der Waals surface area contributed by atoms with E-state index in [9.17, 15) is 9.59 Å². The van der Waals surface area contributed by atoms with Gasteiger partial charge in [-0.15, -0.1) is 0 Å². The molecule has 0 aromatic carbocycles. The molecule has 1 aromatic heterocycles. The Labute approximate surface area is 115 Å². The smallest absolute Gasteiger partial charge is 0.331 e. The molecule has 1 N–H and O–H groups in total. The lowest BCUT2D eigenvalue weighted by Crippen LogP contribution is -2.56. The van der Waals surface area contributed by atoms with Gasteiger partial charge in [0.15, 0.2) is 5.69 Å². The van der Waals surface area contributed by atoms with E-state index in [2.05, 4.69) is 14.1 Å². The molecule has 0 radical (unpaired) electrons. The standard InChI is InChI=1S/C12H17N3O3S/c1-2-18-11(17)12(6-4-3-5-7-12)14-10(16)9-8-13-19-15-9/h8H,2-7H2,1H3,(H,14,16). The van der Waals surface area contributed by atoms with Crippen LogP contribution in [0.3, 0.4) is 0 Å². The third-order valence-corrected chi connectivity index (χ3v) is 3.80. The maximum absolute atomic E-state index is 12.2. The summed E-state index contributed by atoms with van der Waals surface area (Å²) in [6.45, 7) is 2.08. The largest absolute Gasteiger partial charge is 0.464 e. The Kier molecular flexibility index (Phi) is 4.47. The molecule has 1 amide bonds. The van der Waals surface area contributed by atoms with Crippen molar-refractivity contribution in [2.75, 3.05) is 6.61 Å². The van der Waals surface area contributed by atoms with E-state index < -0.39 is 5.54 Å². The minimum Gasteiger partial charge on any atom is -0.464 e. The van der Waals surface area contributed by atoms with E-state index >= 15 is 0 Å². The van der Waals surface area contributed by atoms with E-state index in [1.165, 1.54) is 6.20 Å². The molecule has 1 heterocycles.